The van der Waals surface area contributed by atoms with Gasteiger partial charge in [0.2, 0.25) is 0 Å². The van der Waals surface area contributed by atoms with Crippen molar-refractivity contribution in [2.45, 2.75) is 6.04 Å². The first kappa shape index (κ1) is 17.9. The predicted molar refractivity (Wildman–Crippen MR) is 109 cm³/mol. The summed E-state index contributed by atoms with van der Waals surface area (Å²) in [5.41, 5.74) is 0. The van der Waals surface area contributed by atoms with E-state index in [1.807, 2.05) is 24.3 Å². The van der Waals surface area contributed by atoms with Crippen LogP contribution in [0.2, 0.25) is 5.02 Å². The molecule has 1 saturated heterocycles. The average molecular weight is 407 g/mol. The summed E-state index contributed by atoms with van der Waals surface area (Å²) in [7, 11) is 0. The zero-order valence-electron chi connectivity index (χ0n) is 14.1. The van der Waals surface area contributed by atoms with Crippen molar-refractivity contribution in [1.29, 1.82) is 0 Å². The van der Waals surface area contributed by atoms with Gasteiger partial charge < -0.3 is 10.1 Å². The maximum absolute atomic E-state index is 12.8. The predicted octanol–water partition coefficient (Wildman–Crippen LogP) is 4.42. The van der Waals surface area contributed by atoms with Gasteiger partial charge in [0.05, 0.1) is 24.3 Å². The molecule has 4 rings (SSSR count). The van der Waals surface area contributed by atoms with Crippen LogP contribution in [0.3, 0.4) is 0 Å². The fraction of sp³-hybridized carbons (Fsp3) is 0.316. The Morgan fingerprint density at radius 3 is 2.77 bits per heavy atom. The summed E-state index contributed by atoms with van der Waals surface area (Å²) >= 11 is 9.60. The van der Waals surface area contributed by atoms with Gasteiger partial charge in [0.15, 0.2) is 0 Å². The normalized spacial score (nSPS) is 16.7. The molecule has 1 aliphatic heterocycles. The van der Waals surface area contributed by atoms with Gasteiger partial charge in [0.25, 0.3) is 5.91 Å². The first-order valence-corrected chi connectivity index (χ1v) is 10.6. The molecule has 26 heavy (non-hydrogen) atoms. The van der Waals surface area contributed by atoms with Crippen LogP contribution in [0.1, 0.15) is 20.6 Å². The Bertz CT molecular complexity index is 888. The maximum Gasteiger partial charge on any atom is 0.262 e. The van der Waals surface area contributed by atoms with Crippen molar-refractivity contribution in [3.05, 3.63) is 56.6 Å². The summed E-state index contributed by atoms with van der Waals surface area (Å²) < 4.78 is 6.50. The van der Waals surface area contributed by atoms with Gasteiger partial charge in [0, 0.05) is 34.6 Å². The summed E-state index contributed by atoms with van der Waals surface area (Å²) in [6.45, 7) is 3.78. The zero-order valence-corrected chi connectivity index (χ0v) is 16.5. The molecule has 136 valence electrons. The van der Waals surface area contributed by atoms with Crippen molar-refractivity contribution in [3.8, 4) is 0 Å². The molecule has 0 aliphatic carbocycles. The monoisotopic (exact) mass is 406 g/mol. The van der Waals surface area contributed by atoms with E-state index in [1.165, 1.54) is 16.2 Å². The van der Waals surface area contributed by atoms with Gasteiger partial charge in [-0.25, -0.2) is 0 Å². The molecule has 0 saturated carbocycles. The number of amides is 1. The van der Waals surface area contributed by atoms with Gasteiger partial charge in [-0.05, 0) is 17.5 Å². The molecule has 4 nitrogen and oxygen atoms in total. The summed E-state index contributed by atoms with van der Waals surface area (Å²) in [5.74, 6) is -0.106. The third-order valence-electron chi connectivity index (χ3n) is 4.56. The number of hydrogen-bond acceptors (Lipinski definition) is 5. The fourth-order valence-electron chi connectivity index (χ4n) is 3.21. The molecule has 1 aromatic carbocycles. The molecule has 1 atom stereocenters. The molecule has 0 radical (unpaired) electrons. The Morgan fingerprint density at radius 2 is 2.04 bits per heavy atom. The molecular formula is C19H19ClN2O2S2. The molecule has 3 aromatic rings. The van der Waals surface area contributed by atoms with Crippen LogP contribution in [-0.2, 0) is 4.74 Å². The molecule has 0 bridgehead atoms. The van der Waals surface area contributed by atoms with Crippen LogP contribution in [0.5, 0.6) is 0 Å². The van der Waals surface area contributed by atoms with E-state index in [1.54, 1.807) is 11.3 Å². The first-order chi connectivity index (χ1) is 12.7. The molecule has 1 fully saturated rings. The standard InChI is InChI=1S/C19H19ClN2O2S2/c20-17-13-4-1-2-5-15(13)26-18(17)19(23)21-12-14(16-6-3-11-25-16)22-7-9-24-10-8-22/h1-6,11,14H,7-10,12H2,(H,21,23). The third kappa shape index (κ3) is 3.66. The molecule has 3 heterocycles. The first-order valence-electron chi connectivity index (χ1n) is 8.54. The van der Waals surface area contributed by atoms with E-state index in [0.717, 1.165) is 36.4 Å². The summed E-state index contributed by atoms with van der Waals surface area (Å²) in [6.07, 6.45) is 0. The lowest BCUT2D eigenvalue weighted by molar-refractivity contribution is 0.0169. The average Bonchev–Trinajstić information content (AvgIpc) is 3.32. The third-order valence-corrected chi connectivity index (χ3v) is 7.20. The van der Waals surface area contributed by atoms with Crippen LogP contribution >= 0.6 is 34.3 Å². The Kier molecular flexibility index (Phi) is 5.57. The highest BCUT2D eigenvalue weighted by atomic mass is 35.5. The summed E-state index contributed by atoms with van der Waals surface area (Å²) in [4.78, 5) is 17.0. The lowest BCUT2D eigenvalue weighted by Crippen LogP contribution is -2.43. The van der Waals surface area contributed by atoms with Crippen LogP contribution in [0.15, 0.2) is 41.8 Å². The SMILES string of the molecule is O=C(NCC(c1cccs1)N1CCOCC1)c1sc2ccccc2c1Cl. The molecular weight excluding hydrogens is 388 g/mol. The highest BCUT2D eigenvalue weighted by Gasteiger charge is 2.25. The van der Waals surface area contributed by atoms with Crippen molar-refractivity contribution in [1.82, 2.24) is 10.2 Å². The fourth-order valence-corrected chi connectivity index (χ4v) is 5.50. The number of benzene rings is 1. The number of morpholine rings is 1. The molecule has 7 heteroatoms. The van der Waals surface area contributed by atoms with E-state index < -0.39 is 0 Å². The van der Waals surface area contributed by atoms with Gasteiger partial charge in [-0.3, -0.25) is 9.69 Å². The van der Waals surface area contributed by atoms with Crippen molar-refractivity contribution in [2.75, 3.05) is 32.8 Å². The lowest BCUT2D eigenvalue weighted by atomic mass is 10.2. The van der Waals surface area contributed by atoms with E-state index in [-0.39, 0.29) is 11.9 Å². The van der Waals surface area contributed by atoms with Crippen LogP contribution in [-0.4, -0.2) is 43.7 Å². The summed E-state index contributed by atoms with van der Waals surface area (Å²) in [6, 6.07) is 12.2. The minimum Gasteiger partial charge on any atom is -0.379 e. The number of hydrogen-bond donors (Lipinski definition) is 1. The Balaban J connectivity index is 1.51. The van der Waals surface area contributed by atoms with Crippen molar-refractivity contribution < 1.29 is 9.53 Å². The topological polar surface area (TPSA) is 41.6 Å². The quantitative estimate of drug-likeness (QED) is 0.681. The Labute approximate surface area is 165 Å². The second-order valence-corrected chi connectivity index (χ2v) is 8.54. The number of nitrogens with one attached hydrogen (secondary N) is 1. The molecule has 2 aromatic heterocycles. The highest BCUT2D eigenvalue weighted by molar-refractivity contribution is 7.21. The van der Waals surface area contributed by atoms with Crippen LogP contribution in [0.4, 0.5) is 0 Å². The molecule has 1 aliphatic rings. The minimum absolute atomic E-state index is 0.106. The van der Waals surface area contributed by atoms with E-state index in [4.69, 9.17) is 16.3 Å². The number of halogens is 1. The van der Waals surface area contributed by atoms with Crippen molar-refractivity contribution in [3.63, 3.8) is 0 Å². The zero-order chi connectivity index (χ0) is 17.9. The second kappa shape index (κ2) is 8.06. The molecule has 1 N–H and O–H groups in total. The smallest absolute Gasteiger partial charge is 0.262 e. The number of rotatable bonds is 5. The highest BCUT2D eigenvalue weighted by Crippen LogP contribution is 2.35. The van der Waals surface area contributed by atoms with Crippen LogP contribution < -0.4 is 5.32 Å². The second-order valence-electron chi connectivity index (χ2n) is 6.13. The Morgan fingerprint density at radius 1 is 1.23 bits per heavy atom. The Hall–Kier alpha value is -1.44. The lowest BCUT2D eigenvalue weighted by Gasteiger charge is -2.34. The minimum atomic E-state index is -0.106. The molecule has 1 unspecified atom stereocenters. The van der Waals surface area contributed by atoms with Crippen molar-refractivity contribution in [2.24, 2.45) is 0 Å². The van der Waals surface area contributed by atoms with E-state index in [9.17, 15) is 4.79 Å². The van der Waals surface area contributed by atoms with Gasteiger partial charge in [0.1, 0.15) is 4.88 Å². The van der Waals surface area contributed by atoms with Crippen molar-refractivity contribution >= 4 is 50.3 Å². The number of nitrogens with zero attached hydrogens (tertiary/aromatic N) is 1. The molecule has 0 spiro atoms. The van der Waals surface area contributed by atoms with E-state index in [2.05, 4.69) is 27.7 Å². The largest absolute Gasteiger partial charge is 0.379 e. The number of thiophene rings is 2. The van der Waals surface area contributed by atoms with Gasteiger partial charge in [-0.15, -0.1) is 22.7 Å². The van der Waals surface area contributed by atoms with E-state index >= 15 is 0 Å². The maximum atomic E-state index is 12.8. The number of carbonyl (C=O) groups is 1. The number of fused-ring (bicyclic) bond motifs is 1. The summed E-state index contributed by atoms with van der Waals surface area (Å²) in [5, 5.41) is 6.66. The van der Waals surface area contributed by atoms with Crippen LogP contribution in [0.25, 0.3) is 10.1 Å². The van der Waals surface area contributed by atoms with Crippen LogP contribution in [0, 0.1) is 0 Å². The van der Waals surface area contributed by atoms with E-state index in [0.29, 0.717) is 16.4 Å². The number of ether oxygens (including phenoxy) is 1. The van der Waals surface area contributed by atoms with Gasteiger partial charge >= 0.3 is 0 Å². The molecule has 1 amide bonds. The van der Waals surface area contributed by atoms with Gasteiger partial charge in [-0.2, -0.15) is 0 Å². The number of carbonyl (C=O) groups excluding carboxylic acids is 1. The van der Waals surface area contributed by atoms with Gasteiger partial charge in [-0.1, -0.05) is 35.9 Å².